The Bertz CT molecular complexity index is 755. The average Bonchev–Trinajstić information content (AvgIpc) is 2.59. The van der Waals surface area contributed by atoms with Gasteiger partial charge in [0.05, 0.1) is 27.4 Å². The molecular weight excluding hydrogens is 365 g/mol. The number of rotatable bonds is 6. The van der Waals surface area contributed by atoms with E-state index in [1.54, 1.807) is 30.3 Å². The molecule has 0 aliphatic carbocycles. The summed E-state index contributed by atoms with van der Waals surface area (Å²) in [7, 11) is 4.49. The summed E-state index contributed by atoms with van der Waals surface area (Å²) in [5.41, 5.74) is 1.15. The highest BCUT2D eigenvalue weighted by atomic mass is 35.5. The van der Waals surface area contributed by atoms with Crippen LogP contribution in [0.4, 0.5) is 0 Å². The van der Waals surface area contributed by atoms with Crippen molar-refractivity contribution in [1.82, 2.24) is 5.32 Å². The van der Waals surface area contributed by atoms with Gasteiger partial charge in [-0.15, -0.1) is 0 Å². The van der Waals surface area contributed by atoms with Crippen molar-refractivity contribution in [2.75, 3.05) is 21.3 Å². The molecule has 2 aromatic carbocycles. The molecular formula is C18H19Cl2NO4. The lowest BCUT2D eigenvalue weighted by molar-refractivity contribution is 0.0939. The van der Waals surface area contributed by atoms with Crippen LogP contribution in [0.15, 0.2) is 30.3 Å². The van der Waals surface area contributed by atoms with E-state index in [4.69, 9.17) is 37.4 Å². The molecule has 0 saturated heterocycles. The van der Waals surface area contributed by atoms with E-state index in [2.05, 4.69) is 5.32 Å². The first-order valence-electron chi connectivity index (χ1n) is 7.47. The molecule has 0 aromatic heterocycles. The van der Waals surface area contributed by atoms with Gasteiger partial charge in [0.1, 0.15) is 0 Å². The maximum Gasteiger partial charge on any atom is 0.252 e. The second-order valence-corrected chi connectivity index (χ2v) is 6.12. The zero-order valence-electron chi connectivity index (χ0n) is 14.4. The molecule has 0 bridgehead atoms. The molecule has 0 radical (unpaired) electrons. The summed E-state index contributed by atoms with van der Waals surface area (Å²) in [6.45, 7) is 1.84. The van der Waals surface area contributed by atoms with E-state index in [1.807, 2.05) is 6.92 Å². The molecule has 7 heteroatoms. The van der Waals surface area contributed by atoms with Crippen LogP contribution in [0, 0.1) is 0 Å². The van der Waals surface area contributed by atoms with Crippen LogP contribution in [0.5, 0.6) is 17.2 Å². The fraction of sp³-hybridized carbons (Fsp3) is 0.278. The highest BCUT2D eigenvalue weighted by Crippen LogP contribution is 2.38. The fourth-order valence-corrected chi connectivity index (χ4v) is 2.99. The van der Waals surface area contributed by atoms with Gasteiger partial charge in [0.15, 0.2) is 11.5 Å². The fourth-order valence-electron chi connectivity index (χ4n) is 2.42. The number of amides is 1. The number of hydrogen-bond donors (Lipinski definition) is 1. The zero-order chi connectivity index (χ0) is 18.6. The van der Waals surface area contributed by atoms with Crippen molar-refractivity contribution in [3.63, 3.8) is 0 Å². The van der Waals surface area contributed by atoms with Crippen LogP contribution in [-0.2, 0) is 0 Å². The van der Waals surface area contributed by atoms with Crippen molar-refractivity contribution < 1.29 is 19.0 Å². The molecule has 0 spiro atoms. The minimum absolute atomic E-state index is 0.294. The van der Waals surface area contributed by atoms with E-state index < -0.39 is 0 Å². The smallest absolute Gasteiger partial charge is 0.252 e. The average molecular weight is 384 g/mol. The van der Waals surface area contributed by atoms with Crippen LogP contribution < -0.4 is 19.5 Å². The van der Waals surface area contributed by atoms with Gasteiger partial charge in [0.2, 0.25) is 5.75 Å². The number of methoxy groups -OCH3 is 3. The van der Waals surface area contributed by atoms with Crippen molar-refractivity contribution in [1.29, 1.82) is 0 Å². The molecule has 0 saturated carbocycles. The standard InChI is InChI=1S/C18H19Cl2NO4/c1-10(13-6-5-12(19)9-14(13)20)21-18(22)11-7-15(23-2)17(25-4)16(8-11)24-3/h5-10H,1-4H3,(H,21,22)/t10-/m1/s1. The number of benzene rings is 2. The Morgan fingerprint density at radius 1 is 1.00 bits per heavy atom. The summed E-state index contributed by atoms with van der Waals surface area (Å²) in [6, 6.07) is 8.02. The molecule has 134 valence electrons. The Morgan fingerprint density at radius 2 is 1.60 bits per heavy atom. The third-order valence-electron chi connectivity index (χ3n) is 3.70. The van der Waals surface area contributed by atoms with Gasteiger partial charge in [-0.25, -0.2) is 0 Å². The number of carbonyl (C=O) groups excluding carboxylic acids is 1. The van der Waals surface area contributed by atoms with Crippen molar-refractivity contribution >= 4 is 29.1 Å². The molecule has 2 rings (SSSR count). The van der Waals surface area contributed by atoms with Gasteiger partial charge in [0.25, 0.3) is 5.91 Å². The molecule has 0 fully saturated rings. The molecule has 1 atom stereocenters. The Kier molecular flexibility index (Phi) is 6.39. The van der Waals surface area contributed by atoms with E-state index >= 15 is 0 Å². The molecule has 1 N–H and O–H groups in total. The van der Waals surface area contributed by atoms with Gasteiger partial charge >= 0.3 is 0 Å². The van der Waals surface area contributed by atoms with Crippen LogP contribution in [0.2, 0.25) is 10.0 Å². The first-order valence-corrected chi connectivity index (χ1v) is 8.22. The molecule has 0 heterocycles. The lowest BCUT2D eigenvalue weighted by atomic mass is 10.1. The number of ether oxygens (including phenoxy) is 3. The molecule has 25 heavy (non-hydrogen) atoms. The van der Waals surface area contributed by atoms with E-state index in [9.17, 15) is 4.79 Å². The lowest BCUT2D eigenvalue weighted by Gasteiger charge is -2.18. The summed E-state index contributed by atoms with van der Waals surface area (Å²) in [5, 5.41) is 3.92. The largest absolute Gasteiger partial charge is 0.493 e. The van der Waals surface area contributed by atoms with E-state index in [1.165, 1.54) is 21.3 Å². The second kappa shape index (κ2) is 8.32. The summed E-state index contributed by atoms with van der Waals surface area (Å²) in [4.78, 5) is 12.6. The highest BCUT2D eigenvalue weighted by molar-refractivity contribution is 6.35. The van der Waals surface area contributed by atoms with Crippen LogP contribution in [0.3, 0.4) is 0 Å². The molecule has 0 unspecified atom stereocenters. The van der Waals surface area contributed by atoms with Gasteiger partial charge in [-0.2, -0.15) is 0 Å². The van der Waals surface area contributed by atoms with E-state index in [0.717, 1.165) is 5.56 Å². The normalized spacial score (nSPS) is 11.6. The van der Waals surface area contributed by atoms with Crippen molar-refractivity contribution in [3.8, 4) is 17.2 Å². The second-order valence-electron chi connectivity index (χ2n) is 5.27. The SMILES string of the molecule is COc1cc(C(=O)N[C@H](C)c2ccc(Cl)cc2Cl)cc(OC)c1OC. The predicted octanol–water partition coefficient (Wildman–Crippen LogP) is 4.51. The maximum absolute atomic E-state index is 12.6. The quantitative estimate of drug-likeness (QED) is 0.796. The number of carbonyl (C=O) groups is 1. The zero-order valence-corrected chi connectivity index (χ0v) is 15.9. The molecule has 0 aliphatic rings. The Balaban J connectivity index is 2.28. The van der Waals surface area contributed by atoms with Gasteiger partial charge in [-0.05, 0) is 36.8 Å². The van der Waals surface area contributed by atoms with Gasteiger partial charge in [-0.1, -0.05) is 29.3 Å². The van der Waals surface area contributed by atoms with Crippen LogP contribution >= 0.6 is 23.2 Å². The minimum Gasteiger partial charge on any atom is -0.493 e. The summed E-state index contributed by atoms with van der Waals surface area (Å²) in [6.07, 6.45) is 0. The van der Waals surface area contributed by atoms with Crippen LogP contribution in [0.25, 0.3) is 0 Å². The summed E-state index contributed by atoms with van der Waals surface area (Å²) >= 11 is 12.1. The monoisotopic (exact) mass is 383 g/mol. The Labute approximate surface area is 156 Å². The first kappa shape index (κ1) is 19.2. The molecule has 0 aliphatic heterocycles. The maximum atomic E-state index is 12.6. The summed E-state index contributed by atoms with van der Waals surface area (Å²) < 4.78 is 15.8. The lowest BCUT2D eigenvalue weighted by Crippen LogP contribution is -2.27. The number of hydrogen-bond acceptors (Lipinski definition) is 4. The Hall–Kier alpha value is -2.11. The third kappa shape index (κ3) is 4.30. The Morgan fingerprint density at radius 3 is 2.08 bits per heavy atom. The summed E-state index contributed by atoms with van der Waals surface area (Å²) in [5.74, 6) is 0.946. The predicted molar refractivity (Wildman–Crippen MR) is 98.4 cm³/mol. The van der Waals surface area contributed by atoms with Crippen LogP contribution in [0.1, 0.15) is 28.9 Å². The molecule has 2 aromatic rings. The van der Waals surface area contributed by atoms with Gasteiger partial charge in [0, 0.05) is 15.6 Å². The third-order valence-corrected chi connectivity index (χ3v) is 4.27. The minimum atomic E-state index is -0.309. The van der Waals surface area contributed by atoms with Crippen molar-refractivity contribution in [2.45, 2.75) is 13.0 Å². The topological polar surface area (TPSA) is 56.8 Å². The highest BCUT2D eigenvalue weighted by Gasteiger charge is 2.19. The first-order chi connectivity index (χ1) is 11.9. The van der Waals surface area contributed by atoms with Crippen molar-refractivity contribution in [2.24, 2.45) is 0 Å². The number of nitrogens with one attached hydrogen (secondary N) is 1. The van der Waals surface area contributed by atoms with Gasteiger partial charge < -0.3 is 19.5 Å². The van der Waals surface area contributed by atoms with Gasteiger partial charge in [-0.3, -0.25) is 4.79 Å². The molecule has 5 nitrogen and oxygen atoms in total. The van der Waals surface area contributed by atoms with Crippen molar-refractivity contribution in [3.05, 3.63) is 51.5 Å². The van der Waals surface area contributed by atoms with E-state index in [-0.39, 0.29) is 11.9 Å². The van der Waals surface area contributed by atoms with E-state index in [0.29, 0.717) is 32.9 Å². The number of halogens is 2. The molecule has 1 amide bonds. The van der Waals surface area contributed by atoms with Crippen LogP contribution in [-0.4, -0.2) is 27.2 Å².